The zero-order chi connectivity index (χ0) is 13.7. The fraction of sp³-hybridized carbons (Fsp3) is 0.125. The molecule has 0 saturated heterocycles. The lowest BCUT2D eigenvalue weighted by atomic mass is 10.1. The van der Waals surface area contributed by atoms with Gasteiger partial charge in [-0.25, -0.2) is 0 Å². The molecule has 0 aliphatic rings. The lowest BCUT2D eigenvalue weighted by molar-refractivity contribution is -0.115. The van der Waals surface area contributed by atoms with Gasteiger partial charge in [0, 0.05) is 0 Å². The second kappa shape index (κ2) is 5.83. The number of anilines is 1. The van der Waals surface area contributed by atoms with Crippen LogP contribution in [0.5, 0.6) is 0 Å². The van der Waals surface area contributed by atoms with Crippen LogP contribution in [0, 0.1) is 18.3 Å². The van der Waals surface area contributed by atoms with Crippen LogP contribution in [0.1, 0.15) is 16.7 Å². The molecular formula is C16H14N2O. The summed E-state index contributed by atoms with van der Waals surface area (Å²) in [6, 6.07) is 17.0. The molecule has 2 aromatic carbocycles. The Morgan fingerprint density at radius 2 is 1.95 bits per heavy atom. The second-order valence-corrected chi connectivity index (χ2v) is 4.37. The summed E-state index contributed by atoms with van der Waals surface area (Å²) in [6.07, 6.45) is 0.305. The third-order valence-corrected chi connectivity index (χ3v) is 2.78. The molecule has 0 fully saturated rings. The van der Waals surface area contributed by atoms with E-state index >= 15 is 0 Å². The van der Waals surface area contributed by atoms with E-state index < -0.39 is 0 Å². The number of rotatable bonds is 3. The minimum Gasteiger partial charge on any atom is -0.325 e. The molecule has 0 atom stereocenters. The molecule has 3 heteroatoms. The predicted octanol–water partition coefficient (Wildman–Crippen LogP) is 3.05. The SMILES string of the molecule is Cc1ccc(C#N)c(NC(=O)Cc2ccccc2)c1. The summed E-state index contributed by atoms with van der Waals surface area (Å²) in [5.41, 5.74) is 3.01. The van der Waals surface area contributed by atoms with Gasteiger partial charge in [0.25, 0.3) is 0 Å². The number of hydrogen-bond donors (Lipinski definition) is 1. The molecule has 0 aromatic heterocycles. The van der Waals surface area contributed by atoms with E-state index in [0.29, 0.717) is 17.7 Å². The fourth-order valence-corrected chi connectivity index (χ4v) is 1.83. The highest BCUT2D eigenvalue weighted by Crippen LogP contribution is 2.17. The molecule has 0 spiro atoms. The molecule has 0 unspecified atom stereocenters. The standard InChI is InChI=1S/C16H14N2O/c1-12-7-8-14(11-17)15(9-12)18-16(19)10-13-5-3-2-4-6-13/h2-9H,10H2,1H3,(H,18,19). The predicted molar refractivity (Wildman–Crippen MR) is 74.7 cm³/mol. The summed E-state index contributed by atoms with van der Waals surface area (Å²) in [6.45, 7) is 1.92. The monoisotopic (exact) mass is 250 g/mol. The number of amides is 1. The van der Waals surface area contributed by atoms with Crippen LogP contribution < -0.4 is 5.32 Å². The zero-order valence-electron chi connectivity index (χ0n) is 10.7. The van der Waals surface area contributed by atoms with Crippen LogP contribution in [0.15, 0.2) is 48.5 Å². The van der Waals surface area contributed by atoms with Gasteiger partial charge >= 0.3 is 0 Å². The number of nitriles is 1. The minimum absolute atomic E-state index is 0.117. The van der Waals surface area contributed by atoms with Gasteiger partial charge < -0.3 is 5.32 Å². The first kappa shape index (κ1) is 12.8. The van der Waals surface area contributed by atoms with Crippen LogP contribution in [0.3, 0.4) is 0 Å². The van der Waals surface area contributed by atoms with E-state index in [2.05, 4.69) is 11.4 Å². The van der Waals surface area contributed by atoms with Gasteiger partial charge in [-0.05, 0) is 30.2 Å². The van der Waals surface area contributed by atoms with E-state index in [1.165, 1.54) is 0 Å². The Hall–Kier alpha value is -2.60. The smallest absolute Gasteiger partial charge is 0.228 e. The minimum atomic E-state index is -0.117. The lowest BCUT2D eigenvalue weighted by Crippen LogP contribution is -2.15. The molecule has 0 radical (unpaired) electrons. The summed E-state index contributed by atoms with van der Waals surface area (Å²) in [4.78, 5) is 11.9. The first-order valence-electron chi connectivity index (χ1n) is 6.03. The summed E-state index contributed by atoms with van der Waals surface area (Å²) < 4.78 is 0. The van der Waals surface area contributed by atoms with Crippen LogP contribution >= 0.6 is 0 Å². The Morgan fingerprint density at radius 1 is 1.21 bits per heavy atom. The Bertz CT molecular complexity index is 627. The van der Waals surface area contributed by atoms with Gasteiger partial charge in [-0.3, -0.25) is 4.79 Å². The highest BCUT2D eigenvalue weighted by Gasteiger charge is 2.07. The molecule has 1 amide bonds. The molecule has 0 heterocycles. The average molecular weight is 250 g/mol. The molecule has 0 aliphatic carbocycles. The Balaban J connectivity index is 2.11. The third-order valence-electron chi connectivity index (χ3n) is 2.78. The number of nitrogens with one attached hydrogen (secondary N) is 1. The van der Waals surface area contributed by atoms with Crippen LogP contribution in [-0.4, -0.2) is 5.91 Å². The fourth-order valence-electron chi connectivity index (χ4n) is 1.83. The van der Waals surface area contributed by atoms with E-state index in [-0.39, 0.29) is 5.91 Å². The topological polar surface area (TPSA) is 52.9 Å². The summed E-state index contributed by atoms with van der Waals surface area (Å²) in [5.74, 6) is -0.117. The summed E-state index contributed by atoms with van der Waals surface area (Å²) >= 11 is 0. The molecule has 2 aromatic rings. The van der Waals surface area contributed by atoms with Gasteiger partial charge in [-0.15, -0.1) is 0 Å². The normalized spacial score (nSPS) is 9.68. The van der Waals surface area contributed by atoms with Crippen molar-refractivity contribution in [1.82, 2.24) is 0 Å². The van der Waals surface area contributed by atoms with E-state index in [1.807, 2.05) is 43.3 Å². The highest BCUT2D eigenvalue weighted by molar-refractivity contribution is 5.93. The van der Waals surface area contributed by atoms with Crippen molar-refractivity contribution < 1.29 is 4.79 Å². The maximum atomic E-state index is 11.9. The van der Waals surface area contributed by atoms with E-state index in [4.69, 9.17) is 5.26 Å². The van der Waals surface area contributed by atoms with Gasteiger partial charge in [-0.2, -0.15) is 5.26 Å². The second-order valence-electron chi connectivity index (χ2n) is 4.37. The molecule has 2 rings (SSSR count). The van der Waals surface area contributed by atoms with Crippen LogP contribution in [0.4, 0.5) is 5.69 Å². The molecule has 1 N–H and O–H groups in total. The number of carbonyl (C=O) groups excluding carboxylic acids is 1. The quantitative estimate of drug-likeness (QED) is 0.910. The van der Waals surface area contributed by atoms with Crippen LogP contribution in [0.2, 0.25) is 0 Å². The zero-order valence-corrected chi connectivity index (χ0v) is 10.7. The Labute approximate surface area is 112 Å². The van der Waals surface area contributed by atoms with Crippen molar-refractivity contribution in [3.05, 3.63) is 65.2 Å². The van der Waals surface area contributed by atoms with Gasteiger partial charge in [-0.1, -0.05) is 36.4 Å². The van der Waals surface area contributed by atoms with Crippen molar-refractivity contribution in [2.24, 2.45) is 0 Å². The molecule has 3 nitrogen and oxygen atoms in total. The Kier molecular flexibility index (Phi) is 3.94. The van der Waals surface area contributed by atoms with Crippen LogP contribution in [-0.2, 0) is 11.2 Å². The van der Waals surface area contributed by atoms with E-state index in [1.54, 1.807) is 12.1 Å². The molecule has 94 valence electrons. The number of benzene rings is 2. The van der Waals surface area contributed by atoms with Crippen molar-refractivity contribution in [2.75, 3.05) is 5.32 Å². The summed E-state index contributed by atoms with van der Waals surface area (Å²) in [7, 11) is 0. The first-order chi connectivity index (χ1) is 9.19. The maximum Gasteiger partial charge on any atom is 0.228 e. The van der Waals surface area contributed by atoms with Crippen molar-refractivity contribution in [3.63, 3.8) is 0 Å². The maximum absolute atomic E-state index is 11.9. The lowest BCUT2D eigenvalue weighted by Gasteiger charge is -2.08. The number of aryl methyl sites for hydroxylation is 1. The largest absolute Gasteiger partial charge is 0.325 e. The van der Waals surface area contributed by atoms with Crippen molar-refractivity contribution in [1.29, 1.82) is 5.26 Å². The van der Waals surface area contributed by atoms with Gasteiger partial charge in [0.2, 0.25) is 5.91 Å². The molecular weight excluding hydrogens is 236 g/mol. The third kappa shape index (κ3) is 3.43. The van der Waals surface area contributed by atoms with E-state index in [0.717, 1.165) is 11.1 Å². The van der Waals surface area contributed by atoms with E-state index in [9.17, 15) is 4.79 Å². The Morgan fingerprint density at radius 3 is 2.63 bits per heavy atom. The molecule has 0 saturated carbocycles. The number of hydrogen-bond acceptors (Lipinski definition) is 2. The average Bonchev–Trinajstić information content (AvgIpc) is 2.40. The van der Waals surface area contributed by atoms with Gasteiger partial charge in [0.05, 0.1) is 17.7 Å². The highest BCUT2D eigenvalue weighted by atomic mass is 16.1. The van der Waals surface area contributed by atoms with Crippen molar-refractivity contribution in [2.45, 2.75) is 13.3 Å². The van der Waals surface area contributed by atoms with Crippen LogP contribution in [0.25, 0.3) is 0 Å². The number of carbonyl (C=O) groups is 1. The summed E-state index contributed by atoms with van der Waals surface area (Å²) in [5, 5.41) is 11.8. The van der Waals surface area contributed by atoms with Gasteiger partial charge in [0.1, 0.15) is 6.07 Å². The van der Waals surface area contributed by atoms with Crippen molar-refractivity contribution in [3.8, 4) is 6.07 Å². The first-order valence-corrected chi connectivity index (χ1v) is 6.03. The molecule has 19 heavy (non-hydrogen) atoms. The number of nitrogens with zero attached hydrogens (tertiary/aromatic N) is 1. The molecule has 0 aliphatic heterocycles. The van der Waals surface area contributed by atoms with Crippen molar-refractivity contribution >= 4 is 11.6 Å². The molecule has 0 bridgehead atoms. The van der Waals surface area contributed by atoms with Gasteiger partial charge in [0.15, 0.2) is 0 Å².